The summed E-state index contributed by atoms with van der Waals surface area (Å²) >= 11 is 0. The van der Waals surface area contributed by atoms with Gasteiger partial charge in [-0.2, -0.15) is 0 Å². The van der Waals surface area contributed by atoms with Crippen molar-refractivity contribution in [3.8, 4) is 5.75 Å². The molecule has 0 spiro atoms. The molecule has 2 aromatic carbocycles. The zero-order valence-corrected chi connectivity index (χ0v) is 11.2. The summed E-state index contributed by atoms with van der Waals surface area (Å²) in [6.45, 7) is 0.898. The number of hydrogen-bond donors (Lipinski definition) is 2. The van der Waals surface area contributed by atoms with Crippen molar-refractivity contribution >= 4 is 22.7 Å². The van der Waals surface area contributed by atoms with Gasteiger partial charge in [-0.1, -0.05) is 30.3 Å². The van der Waals surface area contributed by atoms with Crippen molar-refractivity contribution in [2.75, 3.05) is 11.9 Å². The van der Waals surface area contributed by atoms with E-state index < -0.39 is 0 Å². The Morgan fingerprint density at radius 3 is 2.18 bits per heavy atom. The van der Waals surface area contributed by atoms with E-state index in [0.29, 0.717) is 5.75 Å². The molecule has 0 aliphatic heterocycles. The molecule has 0 heterocycles. The molecule has 0 aromatic heterocycles. The lowest BCUT2D eigenvalue weighted by Crippen LogP contribution is -2.04. The number of rotatable bonds is 4. The lowest BCUT2D eigenvalue weighted by Gasteiger charge is -2.06. The van der Waals surface area contributed by atoms with Crippen molar-refractivity contribution in [1.82, 2.24) is 0 Å². The summed E-state index contributed by atoms with van der Waals surface area (Å²) < 4.78 is 0. The van der Waals surface area contributed by atoms with E-state index in [1.807, 2.05) is 18.2 Å². The van der Waals surface area contributed by atoms with Crippen molar-refractivity contribution in [3.05, 3.63) is 60.2 Å². The van der Waals surface area contributed by atoms with Gasteiger partial charge in [0.2, 0.25) is 0 Å². The van der Waals surface area contributed by atoms with Gasteiger partial charge in [0.15, 0.2) is 0 Å². The summed E-state index contributed by atoms with van der Waals surface area (Å²) in [5.74, 6) is 0.300. The van der Waals surface area contributed by atoms with Crippen LogP contribution in [0, 0.1) is 0 Å². The van der Waals surface area contributed by atoms with Crippen LogP contribution in [0.15, 0.2) is 54.6 Å². The molecule has 0 aliphatic rings. The third kappa shape index (κ3) is 4.49. The smallest absolute Gasteiger partial charge is 0.115 e. The summed E-state index contributed by atoms with van der Waals surface area (Å²) in [6, 6.07) is 17.5. The standard InChI is InChI=1S/C14H15NO.BrH/c16-14-8-6-13(7-9-14)15-11-10-12-4-2-1-3-5-12;/h1-9,15-16H,10-11H2;1H. The minimum absolute atomic E-state index is 0. The fourth-order valence-electron chi connectivity index (χ4n) is 1.58. The van der Waals surface area contributed by atoms with Crippen molar-refractivity contribution in [2.45, 2.75) is 6.42 Å². The Morgan fingerprint density at radius 2 is 1.53 bits per heavy atom. The molecule has 90 valence electrons. The molecule has 0 atom stereocenters. The third-order valence-corrected chi connectivity index (χ3v) is 2.45. The number of hydrogen-bond acceptors (Lipinski definition) is 2. The minimum atomic E-state index is 0. The van der Waals surface area contributed by atoms with Crippen molar-refractivity contribution in [3.63, 3.8) is 0 Å². The van der Waals surface area contributed by atoms with Crippen LogP contribution in [-0.4, -0.2) is 11.7 Å². The van der Waals surface area contributed by atoms with Crippen LogP contribution in [0.25, 0.3) is 0 Å². The van der Waals surface area contributed by atoms with Crippen LogP contribution in [0.5, 0.6) is 5.75 Å². The molecule has 3 heteroatoms. The normalized spacial score (nSPS) is 9.41. The van der Waals surface area contributed by atoms with Crippen LogP contribution in [0.1, 0.15) is 5.56 Å². The fraction of sp³-hybridized carbons (Fsp3) is 0.143. The Hall–Kier alpha value is -1.48. The maximum atomic E-state index is 9.13. The number of phenolic OH excluding ortho intramolecular Hbond substituents is 1. The molecule has 0 fully saturated rings. The van der Waals surface area contributed by atoms with Crippen LogP contribution in [0.4, 0.5) is 5.69 Å². The third-order valence-electron chi connectivity index (χ3n) is 2.45. The van der Waals surface area contributed by atoms with E-state index in [2.05, 4.69) is 29.6 Å². The zero-order valence-electron chi connectivity index (χ0n) is 9.47. The summed E-state index contributed by atoms with van der Waals surface area (Å²) in [5.41, 5.74) is 2.36. The van der Waals surface area contributed by atoms with Crippen LogP contribution in [0.3, 0.4) is 0 Å². The summed E-state index contributed by atoms with van der Waals surface area (Å²) in [7, 11) is 0. The number of nitrogens with one attached hydrogen (secondary N) is 1. The first kappa shape index (κ1) is 13.6. The van der Waals surface area contributed by atoms with Crippen molar-refractivity contribution in [2.24, 2.45) is 0 Å². The van der Waals surface area contributed by atoms with Gasteiger partial charge >= 0.3 is 0 Å². The van der Waals surface area contributed by atoms with Crippen molar-refractivity contribution < 1.29 is 5.11 Å². The first-order valence-corrected chi connectivity index (χ1v) is 5.41. The predicted octanol–water partition coefficient (Wildman–Crippen LogP) is 3.62. The van der Waals surface area contributed by atoms with Crippen LogP contribution >= 0.6 is 17.0 Å². The average molecular weight is 294 g/mol. The number of phenols is 1. The lowest BCUT2D eigenvalue weighted by molar-refractivity contribution is 0.475. The van der Waals surface area contributed by atoms with E-state index in [1.165, 1.54) is 5.56 Å². The molecule has 0 saturated carbocycles. The average Bonchev–Trinajstić information content (AvgIpc) is 2.33. The van der Waals surface area contributed by atoms with Gasteiger partial charge in [-0.15, -0.1) is 17.0 Å². The van der Waals surface area contributed by atoms with E-state index in [0.717, 1.165) is 18.7 Å². The first-order valence-electron chi connectivity index (χ1n) is 5.41. The van der Waals surface area contributed by atoms with Crippen molar-refractivity contribution in [1.29, 1.82) is 0 Å². The fourth-order valence-corrected chi connectivity index (χ4v) is 1.58. The Labute approximate surface area is 112 Å². The molecule has 0 saturated heterocycles. The molecule has 0 amide bonds. The van der Waals surface area contributed by atoms with E-state index in [9.17, 15) is 0 Å². The summed E-state index contributed by atoms with van der Waals surface area (Å²) in [6.07, 6.45) is 1.00. The topological polar surface area (TPSA) is 32.3 Å². The monoisotopic (exact) mass is 293 g/mol. The molecular formula is C14H16BrNO. The number of halogens is 1. The summed E-state index contributed by atoms with van der Waals surface area (Å²) in [4.78, 5) is 0. The van der Waals surface area contributed by atoms with Gasteiger partial charge in [-0.25, -0.2) is 0 Å². The van der Waals surface area contributed by atoms with Gasteiger partial charge < -0.3 is 10.4 Å². The highest BCUT2D eigenvalue weighted by Crippen LogP contribution is 2.13. The molecular weight excluding hydrogens is 278 g/mol. The molecule has 2 nitrogen and oxygen atoms in total. The molecule has 0 bridgehead atoms. The Kier molecular flexibility index (Phi) is 5.57. The minimum Gasteiger partial charge on any atom is -0.508 e. The van der Waals surface area contributed by atoms with Gasteiger partial charge in [0.05, 0.1) is 0 Å². The Morgan fingerprint density at radius 1 is 0.882 bits per heavy atom. The predicted molar refractivity (Wildman–Crippen MR) is 77.1 cm³/mol. The van der Waals surface area contributed by atoms with Crippen LogP contribution in [0.2, 0.25) is 0 Å². The second-order valence-electron chi connectivity index (χ2n) is 3.71. The SMILES string of the molecule is Br.Oc1ccc(NCCc2ccccc2)cc1. The first-order chi connectivity index (χ1) is 7.84. The maximum Gasteiger partial charge on any atom is 0.115 e. The lowest BCUT2D eigenvalue weighted by atomic mass is 10.1. The number of benzene rings is 2. The number of anilines is 1. The Bertz CT molecular complexity index is 428. The molecule has 0 unspecified atom stereocenters. The number of aromatic hydroxyl groups is 1. The van der Waals surface area contributed by atoms with Gasteiger partial charge in [-0.05, 0) is 36.2 Å². The second-order valence-corrected chi connectivity index (χ2v) is 3.71. The zero-order chi connectivity index (χ0) is 11.2. The summed E-state index contributed by atoms with van der Waals surface area (Å²) in [5, 5.41) is 12.4. The molecule has 0 aliphatic carbocycles. The largest absolute Gasteiger partial charge is 0.508 e. The highest BCUT2D eigenvalue weighted by Gasteiger charge is 1.93. The van der Waals surface area contributed by atoms with E-state index in [1.54, 1.807) is 12.1 Å². The van der Waals surface area contributed by atoms with Crippen LogP contribution in [-0.2, 0) is 6.42 Å². The van der Waals surface area contributed by atoms with Gasteiger partial charge in [0.25, 0.3) is 0 Å². The van der Waals surface area contributed by atoms with Gasteiger partial charge in [0.1, 0.15) is 5.75 Å². The molecule has 17 heavy (non-hydrogen) atoms. The van der Waals surface area contributed by atoms with Gasteiger partial charge in [0, 0.05) is 12.2 Å². The van der Waals surface area contributed by atoms with E-state index in [4.69, 9.17) is 5.11 Å². The quantitative estimate of drug-likeness (QED) is 0.844. The van der Waals surface area contributed by atoms with E-state index >= 15 is 0 Å². The van der Waals surface area contributed by atoms with E-state index in [-0.39, 0.29) is 17.0 Å². The molecule has 2 N–H and O–H groups in total. The Balaban J connectivity index is 0.00000144. The highest BCUT2D eigenvalue weighted by atomic mass is 79.9. The molecule has 2 aromatic rings. The van der Waals surface area contributed by atoms with Gasteiger partial charge in [-0.3, -0.25) is 0 Å². The highest BCUT2D eigenvalue weighted by molar-refractivity contribution is 8.93. The maximum absolute atomic E-state index is 9.13. The molecule has 0 radical (unpaired) electrons. The second kappa shape index (κ2) is 6.97. The van der Waals surface area contributed by atoms with Crippen LogP contribution < -0.4 is 5.32 Å². The molecule has 2 rings (SSSR count).